The number of hydrogen-bond acceptors (Lipinski definition) is 2. The molecule has 2 rings (SSSR count). The van der Waals surface area contributed by atoms with Gasteiger partial charge in [-0.2, -0.15) is 5.26 Å². The average molecular weight is 253 g/mol. The molecule has 1 saturated carbocycles. The lowest BCUT2D eigenvalue weighted by Crippen LogP contribution is -2.27. The van der Waals surface area contributed by atoms with Crippen LogP contribution in [-0.4, -0.2) is 17.5 Å². The molecule has 0 N–H and O–H groups in total. The Morgan fingerprint density at radius 1 is 1.47 bits per heavy atom. The van der Waals surface area contributed by atoms with Gasteiger partial charge in [-0.3, -0.25) is 4.90 Å². The Kier molecular flexibility index (Phi) is 3.98. The van der Waals surface area contributed by atoms with Crippen molar-refractivity contribution in [1.82, 2.24) is 4.90 Å². The van der Waals surface area contributed by atoms with Gasteiger partial charge < -0.3 is 0 Å². The van der Waals surface area contributed by atoms with E-state index in [-0.39, 0.29) is 5.82 Å². The van der Waals surface area contributed by atoms with Gasteiger partial charge in [-0.15, -0.1) is 0 Å². The highest BCUT2D eigenvalue weighted by Gasteiger charge is 2.29. The molecular formula is C13H14ClFN2. The summed E-state index contributed by atoms with van der Waals surface area (Å²) in [5, 5.41) is 9.16. The zero-order valence-corrected chi connectivity index (χ0v) is 10.3. The molecule has 1 aliphatic rings. The molecule has 1 aromatic rings. The van der Waals surface area contributed by atoms with E-state index >= 15 is 0 Å². The van der Waals surface area contributed by atoms with Crippen molar-refractivity contribution < 1.29 is 4.39 Å². The first kappa shape index (κ1) is 12.3. The second kappa shape index (κ2) is 5.48. The van der Waals surface area contributed by atoms with E-state index in [9.17, 15) is 4.39 Å². The van der Waals surface area contributed by atoms with Crippen molar-refractivity contribution >= 4 is 11.6 Å². The van der Waals surface area contributed by atoms with E-state index in [4.69, 9.17) is 16.9 Å². The highest BCUT2D eigenvalue weighted by atomic mass is 35.5. The fourth-order valence-electron chi connectivity index (χ4n) is 1.91. The molecule has 1 aromatic carbocycles. The molecule has 0 aromatic heterocycles. The molecule has 2 nitrogen and oxygen atoms in total. The lowest BCUT2D eigenvalue weighted by atomic mass is 10.2. The summed E-state index contributed by atoms with van der Waals surface area (Å²) in [4.78, 5) is 2.16. The molecule has 0 saturated heterocycles. The number of halogens is 2. The van der Waals surface area contributed by atoms with E-state index in [1.165, 1.54) is 6.07 Å². The molecule has 0 atom stereocenters. The Morgan fingerprint density at radius 3 is 2.88 bits per heavy atom. The van der Waals surface area contributed by atoms with Gasteiger partial charge in [0.15, 0.2) is 0 Å². The number of hydrogen-bond donors (Lipinski definition) is 0. The molecule has 0 amide bonds. The molecule has 0 aliphatic heterocycles. The van der Waals surface area contributed by atoms with Gasteiger partial charge in [0.1, 0.15) is 5.82 Å². The van der Waals surface area contributed by atoms with Crippen molar-refractivity contribution in [3.05, 3.63) is 34.6 Å². The Morgan fingerprint density at radius 2 is 2.24 bits per heavy atom. The monoisotopic (exact) mass is 252 g/mol. The Hall–Kier alpha value is -1.11. The highest BCUT2D eigenvalue weighted by Crippen LogP contribution is 2.29. The van der Waals surface area contributed by atoms with E-state index in [0.717, 1.165) is 12.8 Å². The molecule has 1 aliphatic carbocycles. The third kappa shape index (κ3) is 3.42. The lowest BCUT2D eigenvalue weighted by Gasteiger charge is -2.21. The van der Waals surface area contributed by atoms with E-state index in [1.807, 2.05) is 0 Å². The quantitative estimate of drug-likeness (QED) is 0.804. The predicted molar refractivity (Wildman–Crippen MR) is 65.1 cm³/mol. The van der Waals surface area contributed by atoms with Gasteiger partial charge in [-0.05, 0) is 31.0 Å². The summed E-state index contributed by atoms with van der Waals surface area (Å²) in [6, 6.07) is 7.26. The summed E-state index contributed by atoms with van der Waals surface area (Å²) in [5.41, 5.74) is 0.613. The molecule has 0 spiro atoms. The summed E-state index contributed by atoms with van der Waals surface area (Å²) in [6.07, 6.45) is 2.78. The van der Waals surface area contributed by atoms with Crippen LogP contribution in [0.1, 0.15) is 24.8 Å². The minimum absolute atomic E-state index is 0.225. The van der Waals surface area contributed by atoms with Gasteiger partial charge in [-0.1, -0.05) is 11.6 Å². The third-order valence-corrected chi connectivity index (χ3v) is 3.19. The minimum Gasteiger partial charge on any atom is -0.295 e. The number of nitriles is 1. The van der Waals surface area contributed by atoms with Crippen molar-refractivity contribution in [3.63, 3.8) is 0 Å². The number of rotatable bonds is 5. The smallest absolute Gasteiger partial charge is 0.127 e. The molecule has 0 unspecified atom stereocenters. The molecule has 17 heavy (non-hydrogen) atoms. The van der Waals surface area contributed by atoms with Crippen molar-refractivity contribution in [2.24, 2.45) is 0 Å². The maximum atomic E-state index is 13.6. The summed E-state index contributed by atoms with van der Waals surface area (Å²) < 4.78 is 13.6. The fourth-order valence-corrected chi connectivity index (χ4v) is 2.10. The van der Waals surface area contributed by atoms with Crippen LogP contribution >= 0.6 is 11.6 Å². The van der Waals surface area contributed by atoms with Crippen LogP contribution in [0.3, 0.4) is 0 Å². The van der Waals surface area contributed by atoms with E-state index < -0.39 is 0 Å². The summed E-state index contributed by atoms with van der Waals surface area (Å²) in [6.45, 7) is 1.24. The molecule has 0 heterocycles. The highest BCUT2D eigenvalue weighted by molar-refractivity contribution is 6.30. The zero-order valence-electron chi connectivity index (χ0n) is 9.50. The molecule has 4 heteroatoms. The zero-order chi connectivity index (χ0) is 12.3. The first-order valence-corrected chi connectivity index (χ1v) is 6.13. The minimum atomic E-state index is -0.225. The van der Waals surface area contributed by atoms with Gasteiger partial charge in [0.25, 0.3) is 0 Å². The molecule has 1 fully saturated rings. The van der Waals surface area contributed by atoms with Gasteiger partial charge in [0.05, 0.1) is 6.07 Å². The summed E-state index contributed by atoms with van der Waals surface area (Å²) in [7, 11) is 0. The topological polar surface area (TPSA) is 27.0 Å². The fraction of sp³-hybridized carbons (Fsp3) is 0.462. The van der Waals surface area contributed by atoms with Gasteiger partial charge in [0.2, 0.25) is 0 Å². The third-order valence-electron chi connectivity index (χ3n) is 2.96. The maximum Gasteiger partial charge on any atom is 0.127 e. The summed E-state index contributed by atoms with van der Waals surface area (Å²) >= 11 is 5.86. The van der Waals surface area contributed by atoms with Crippen LogP contribution in [0.5, 0.6) is 0 Å². The second-order valence-corrected chi connectivity index (χ2v) is 4.78. The van der Waals surface area contributed by atoms with Crippen molar-refractivity contribution in [2.75, 3.05) is 6.54 Å². The molecule has 90 valence electrons. The number of nitrogens with zero attached hydrogens (tertiary/aromatic N) is 2. The standard InChI is InChI=1S/C13H14ClFN2/c14-11-2-5-13(15)10(8-11)9-17(7-1-6-16)12-3-4-12/h2,5,8,12H,1,3-4,7,9H2. The van der Waals surface area contributed by atoms with Gasteiger partial charge in [0, 0.05) is 36.1 Å². The second-order valence-electron chi connectivity index (χ2n) is 4.35. The Labute approximate surface area is 106 Å². The van der Waals surface area contributed by atoms with Crippen LogP contribution in [0.2, 0.25) is 5.02 Å². The molecular weight excluding hydrogens is 239 g/mol. The Balaban J connectivity index is 2.06. The van der Waals surface area contributed by atoms with Gasteiger partial charge in [-0.25, -0.2) is 4.39 Å². The number of benzene rings is 1. The normalized spacial score (nSPS) is 14.9. The van der Waals surface area contributed by atoms with Gasteiger partial charge >= 0.3 is 0 Å². The van der Waals surface area contributed by atoms with Crippen LogP contribution in [0, 0.1) is 17.1 Å². The largest absolute Gasteiger partial charge is 0.295 e. The van der Waals surface area contributed by atoms with Crippen molar-refractivity contribution in [3.8, 4) is 6.07 Å². The predicted octanol–water partition coefficient (Wildman–Crippen LogP) is 3.36. The van der Waals surface area contributed by atoms with E-state index in [1.54, 1.807) is 12.1 Å². The Bertz CT molecular complexity index is 438. The maximum absolute atomic E-state index is 13.6. The first-order valence-electron chi connectivity index (χ1n) is 5.75. The molecule has 0 radical (unpaired) electrons. The van der Waals surface area contributed by atoms with Crippen LogP contribution < -0.4 is 0 Å². The average Bonchev–Trinajstić information content (AvgIpc) is 3.13. The van der Waals surface area contributed by atoms with E-state index in [2.05, 4.69) is 11.0 Å². The van der Waals surface area contributed by atoms with Crippen LogP contribution in [0.4, 0.5) is 4.39 Å². The first-order chi connectivity index (χ1) is 8.20. The van der Waals surface area contributed by atoms with E-state index in [0.29, 0.717) is 36.1 Å². The van der Waals surface area contributed by atoms with Crippen LogP contribution in [-0.2, 0) is 6.54 Å². The molecule has 0 bridgehead atoms. The van der Waals surface area contributed by atoms with Crippen LogP contribution in [0.15, 0.2) is 18.2 Å². The lowest BCUT2D eigenvalue weighted by molar-refractivity contribution is 0.257. The summed E-state index contributed by atoms with van der Waals surface area (Å²) in [5.74, 6) is -0.225. The van der Waals surface area contributed by atoms with Crippen LogP contribution in [0.25, 0.3) is 0 Å². The SMILES string of the molecule is N#CCCN(Cc1cc(Cl)ccc1F)C1CC1. The van der Waals surface area contributed by atoms with Crippen molar-refractivity contribution in [2.45, 2.75) is 31.8 Å². The van der Waals surface area contributed by atoms with Crippen molar-refractivity contribution in [1.29, 1.82) is 5.26 Å².